The molecule has 0 saturated heterocycles. The fourth-order valence-electron chi connectivity index (χ4n) is 2.36. The second kappa shape index (κ2) is 14.0. The maximum atomic E-state index is 12.0. The van der Waals surface area contributed by atoms with Crippen LogP contribution in [0, 0.1) is 0 Å². The highest BCUT2D eigenvalue weighted by Gasteiger charge is 2.15. The molecule has 0 aliphatic carbocycles. The number of allylic oxidation sites excluding steroid dienone is 3. The molecule has 0 amide bonds. The molecular weight excluding hydrogens is 328 g/mol. The summed E-state index contributed by atoms with van der Waals surface area (Å²) >= 11 is 0. The number of ether oxygens (including phenoxy) is 2. The monoisotopic (exact) mass is 358 g/mol. The van der Waals surface area contributed by atoms with Crippen LogP contribution in [0.2, 0.25) is 0 Å². The van der Waals surface area contributed by atoms with Crippen LogP contribution < -0.4 is 0 Å². The lowest BCUT2D eigenvalue weighted by molar-refractivity contribution is -0.143. The van der Waals surface area contributed by atoms with Crippen LogP contribution in [0.3, 0.4) is 0 Å². The van der Waals surface area contributed by atoms with Crippen LogP contribution in [0.5, 0.6) is 0 Å². The molecule has 1 rings (SSSR count). The van der Waals surface area contributed by atoms with Gasteiger partial charge >= 0.3 is 5.97 Å². The quantitative estimate of drug-likeness (QED) is 0.220. The Morgan fingerprint density at radius 3 is 2.58 bits per heavy atom. The van der Waals surface area contributed by atoms with Gasteiger partial charge in [-0.3, -0.25) is 9.59 Å². The number of Topliss-reactive ketones (excluding diaryl/α,β-unsaturated/α-hetero) is 1. The van der Waals surface area contributed by atoms with Crippen molar-refractivity contribution in [3.8, 4) is 0 Å². The summed E-state index contributed by atoms with van der Waals surface area (Å²) in [7, 11) is 1.28. The fourth-order valence-corrected chi connectivity index (χ4v) is 2.36. The van der Waals surface area contributed by atoms with E-state index < -0.39 is 5.97 Å². The van der Waals surface area contributed by atoms with Crippen molar-refractivity contribution in [2.45, 2.75) is 58.2 Å². The van der Waals surface area contributed by atoms with Gasteiger partial charge in [0, 0.05) is 6.42 Å². The van der Waals surface area contributed by atoms with Crippen LogP contribution in [0.4, 0.5) is 0 Å². The minimum Gasteiger partial charge on any atom is -0.469 e. The van der Waals surface area contributed by atoms with E-state index in [0.717, 1.165) is 12.0 Å². The second-order valence-electron chi connectivity index (χ2n) is 6.14. The lowest BCUT2D eigenvalue weighted by Gasteiger charge is -2.13. The van der Waals surface area contributed by atoms with Crippen LogP contribution in [0.15, 0.2) is 54.6 Å². The van der Waals surface area contributed by atoms with Gasteiger partial charge in [-0.15, -0.1) is 0 Å². The maximum absolute atomic E-state index is 12.0. The SMILES string of the molecule is CCCCC/C=C/C=C/C(CC(=O)CC(=O)OC)OCc1ccccc1. The molecule has 0 heterocycles. The average molecular weight is 358 g/mol. The maximum Gasteiger partial charge on any atom is 0.313 e. The Morgan fingerprint density at radius 1 is 1.12 bits per heavy atom. The van der Waals surface area contributed by atoms with Gasteiger partial charge in [-0.25, -0.2) is 0 Å². The molecule has 0 aliphatic rings. The molecule has 1 aromatic rings. The van der Waals surface area contributed by atoms with Crippen molar-refractivity contribution in [2.75, 3.05) is 7.11 Å². The van der Waals surface area contributed by atoms with E-state index in [0.29, 0.717) is 6.61 Å². The smallest absolute Gasteiger partial charge is 0.313 e. The zero-order valence-electron chi connectivity index (χ0n) is 15.9. The predicted octanol–water partition coefficient (Wildman–Crippen LogP) is 4.79. The number of esters is 1. The molecule has 0 bridgehead atoms. The summed E-state index contributed by atoms with van der Waals surface area (Å²) in [4.78, 5) is 23.3. The Hall–Kier alpha value is -2.20. The van der Waals surface area contributed by atoms with Crippen molar-refractivity contribution in [2.24, 2.45) is 0 Å². The lowest BCUT2D eigenvalue weighted by atomic mass is 10.1. The molecule has 0 radical (unpaired) electrons. The Labute approximate surface area is 156 Å². The van der Waals surface area contributed by atoms with Gasteiger partial charge in [0.2, 0.25) is 0 Å². The van der Waals surface area contributed by atoms with E-state index in [9.17, 15) is 9.59 Å². The molecule has 142 valence electrons. The summed E-state index contributed by atoms with van der Waals surface area (Å²) in [5.74, 6) is -0.705. The zero-order chi connectivity index (χ0) is 19.0. The number of methoxy groups -OCH3 is 1. The minimum atomic E-state index is -0.517. The Morgan fingerprint density at radius 2 is 1.88 bits per heavy atom. The van der Waals surface area contributed by atoms with Gasteiger partial charge in [-0.1, -0.05) is 74.4 Å². The Bertz CT molecular complexity index is 575. The third kappa shape index (κ3) is 10.6. The van der Waals surface area contributed by atoms with E-state index in [1.54, 1.807) is 0 Å². The van der Waals surface area contributed by atoms with Crippen molar-refractivity contribution in [1.82, 2.24) is 0 Å². The van der Waals surface area contributed by atoms with Gasteiger partial charge in [0.05, 0.1) is 19.8 Å². The highest BCUT2D eigenvalue weighted by Crippen LogP contribution is 2.10. The molecule has 0 saturated carbocycles. The molecule has 0 aromatic heterocycles. The van der Waals surface area contributed by atoms with Crippen LogP contribution in [-0.4, -0.2) is 25.0 Å². The number of carbonyl (C=O) groups is 2. The summed E-state index contributed by atoms with van der Waals surface area (Å²) in [5, 5.41) is 0. The molecular formula is C22H30O4. The molecule has 0 aliphatic heterocycles. The Kier molecular flexibility index (Phi) is 11.8. The van der Waals surface area contributed by atoms with E-state index >= 15 is 0 Å². The van der Waals surface area contributed by atoms with Crippen LogP contribution >= 0.6 is 0 Å². The minimum absolute atomic E-state index is 0.155. The normalized spacial score (nSPS) is 12.5. The lowest BCUT2D eigenvalue weighted by Crippen LogP contribution is -2.18. The first-order chi connectivity index (χ1) is 12.7. The number of hydrogen-bond acceptors (Lipinski definition) is 4. The van der Waals surface area contributed by atoms with Gasteiger partial charge < -0.3 is 9.47 Å². The number of rotatable bonds is 13. The first kappa shape index (κ1) is 21.8. The van der Waals surface area contributed by atoms with Gasteiger partial charge in [0.25, 0.3) is 0 Å². The van der Waals surface area contributed by atoms with Crippen molar-refractivity contribution < 1.29 is 19.1 Å². The number of carbonyl (C=O) groups excluding carboxylic acids is 2. The molecule has 4 heteroatoms. The average Bonchev–Trinajstić information content (AvgIpc) is 2.65. The van der Waals surface area contributed by atoms with E-state index in [-0.39, 0.29) is 24.7 Å². The summed E-state index contributed by atoms with van der Waals surface area (Å²) in [6.45, 7) is 2.60. The molecule has 1 atom stereocenters. The Balaban J connectivity index is 2.56. The molecule has 1 unspecified atom stereocenters. The van der Waals surface area contributed by atoms with E-state index in [1.807, 2.05) is 48.6 Å². The van der Waals surface area contributed by atoms with Crippen molar-refractivity contribution in [3.05, 3.63) is 60.2 Å². The molecule has 1 aromatic carbocycles. The highest BCUT2D eigenvalue weighted by atomic mass is 16.5. The van der Waals surface area contributed by atoms with Gasteiger partial charge in [-0.2, -0.15) is 0 Å². The van der Waals surface area contributed by atoms with Gasteiger partial charge in [0.15, 0.2) is 0 Å². The third-order valence-electron chi connectivity index (χ3n) is 3.85. The van der Waals surface area contributed by atoms with Crippen LogP contribution in [0.1, 0.15) is 51.0 Å². The van der Waals surface area contributed by atoms with E-state index in [2.05, 4.69) is 17.7 Å². The van der Waals surface area contributed by atoms with Crippen LogP contribution in [0.25, 0.3) is 0 Å². The van der Waals surface area contributed by atoms with Crippen molar-refractivity contribution in [1.29, 1.82) is 0 Å². The van der Waals surface area contributed by atoms with Gasteiger partial charge in [-0.05, 0) is 18.4 Å². The summed E-state index contributed by atoms with van der Waals surface area (Å²) in [5.41, 5.74) is 1.04. The topological polar surface area (TPSA) is 52.6 Å². The molecule has 0 fully saturated rings. The molecule has 26 heavy (non-hydrogen) atoms. The molecule has 0 N–H and O–H groups in total. The first-order valence-electron chi connectivity index (χ1n) is 9.23. The third-order valence-corrected chi connectivity index (χ3v) is 3.85. The zero-order valence-corrected chi connectivity index (χ0v) is 15.9. The summed E-state index contributed by atoms with van der Waals surface area (Å²) in [6.07, 6.45) is 12.1. The first-order valence-corrected chi connectivity index (χ1v) is 9.23. The standard InChI is InChI=1S/C22H30O4/c1-3-4-5-6-7-8-12-15-21(16-20(23)17-22(24)25-2)26-18-19-13-10-9-11-14-19/h7-15,21H,3-6,16-18H2,1-2H3/b8-7+,15-12+. The predicted molar refractivity (Wildman–Crippen MR) is 104 cm³/mol. The van der Waals surface area contributed by atoms with Crippen molar-refractivity contribution in [3.63, 3.8) is 0 Å². The number of hydrogen-bond donors (Lipinski definition) is 0. The number of unbranched alkanes of at least 4 members (excludes halogenated alkanes) is 3. The van der Waals surface area contributed by atoms with E-state index in [1.165, 1.54) is 26.4 Å². The van der Waals surface area contributed by atoms with Crippen LogP contribution in [-0.2, 0) is 25.7 Å². The molecule has 0 spiro atoms. The number of benzene rings is 1. The summed E-state index contributed by atoms with van der Waals surface area (Å²) < 4.78 is 10.4. The largest absolute Gasteiger partial charge is 0.469 e. The van der Waals surface area contributed by atoms with Crippen molar-refractivity contribution >= 4 is 11.8 Å². The second-order valence-corrected chi connectivity index (χ2v) is 6.14. The summed E-state index contributed by atoms with van der Waals surface area (Å²) in [6, 6.07) is 9.80. The number of ketones is 1. The van der Waals surface area contributed by atoms with Gasteiger partial charge in [0.1, 0.15) is 12.2 Å². The highest BCUT2D eigenvalue weighted by molar-refractivity contribution is 5.95. The fraction of sp³-hybridized carbons (Fsp3) is 0.455. The van der Waals surface area contributed by atoms with E-state index in [4.69, 9.17) is 4.74 Å². The molecule has 4 nitrogen and oxygen atoms in total.